The number of anilines is 1. The van der Waals surface area contributed by atoms with Crippen molar-refractivity contribution in [2.24, 2.45) is 0 Å². The Morgan fingerprint density at radius 3 is 2.95 bits per heavy atom. The summed E-state index contributed by atoms with van der Waals surface area (Å²) in [5.41, 5.74) is 1.13. The molecule has 0 spiro atoms. The van der Waals surface area contributed by atoms with Gasteiger partial charge in [0, 0.05) is 12.4 Å². The summed E-state index contributed by atoms with van der Waals surface area (Å²) < 4.78 is 1.22. The molecule has 2 aromatic heterocycles. The van der Waals surface area contributed by atoms with Crippen LogP contribution in [0, 0.1) is 0 Å². The van der Waals surface area contributed by atoms with Gasteiger partial charge in [-0.05, 0) is 18.2 Å². The van der Waals surface area contributed by atoms with Crippen molar-refractivity contribution < 1.29 is 4.79 Å². The molecule has 0 bridgehead atoms. The maximum absolute atomic E-state index is 11.9. The number of rotatable bonds is 3. The number of hydrogen-bond donors (Lipinski definition) is 2. The molecule has 0 unspecified atom stereocenters. The fraction of sp³-hybridized carbons (Fsp3) is 0.0769. The number of carbonyl (C=O) groups is 1. The molecule has 7 heteroatoms. The van der Waals surface area contributed by atoms with E-state index in [4.69, 9.17) is 0 Å². The standard InChI is InChI=1S/C13H11N5O2/c19-11(8-18-7-3-6-14-13(18)20)17-12-15-9-4-1-2-5-10(9)16-12/h1-7H,8H2,(H2,15,16,17,19). The summed E-state index contributed by atoms with van der Waals surface area (Å²) in [6, 6.07) is 9.04. The zero-order valence-electron chi connectivity index (χ0n) is 10.4. The smallest absolute Gasteiger partial charge is 0.324 e. The van der Waals surface area contributed by atoms with Crippen molar-refractivity contribution in [3.63, 3.8) is 0 Å². The summed E-state index contributed by atoms with van der Waals surface area (Å²) in [4.78, 5) is 34.0. The fourth-order valence-corrected chi connectivity index (χ4v) is 1.85. The highest BCUT2D eigenvalue weighted by atomic mass is 16.2. The predicted molar refractivity (Wildman–Crippen MR) is 73.2 cm³/mol. The first-order valence-electron chi connectivity index (χ1n) is 5.98. The van der Waals surface area contributed by atoms with Crippen LogP contribution in [0.4, 0.5) is 5.95 Å². The molecule has 0 aliphatic heterocycles. The molecular weight excluding hydrogens is 258 g/mol. The van der Waals surface area contributed by atoms with Gasteiger partial charge in [-0.25, -0.2) is 14.8 Å². The minimum absolute atomic E-state index is 0.107. The maximum Gasteiger partial charge on any atom is 0.347 e. The quantitative estimate of drug-likeness (QED) is 0.734. The third kappa shape index (κ3) is 2.41. The molecule has 0 atom stereocenters. The van der Waals surface area contributed by atoms with Gasteiger partial charge in [-0.15, -0.1) is 0 Å². The second-order valence-corrected chi connectivity index (χ2v) is 4.18. The minimum atomic E-state index is -0.466. The molecule has 3 aromatic rings. The van der Waals surface area contributed by atoms with Crippen molar-refractivity contribution in [2.75, 3.05) is 5.32 Å². The molecule has 0 radical (unpaired) electrons. The number of imidazole rings is 1. The van der Waals surface area contributed by atoms with Crippen LogP contribution in [0.3, 0.4) is 0 Å². The molecule has 2 N–H and O–H groups in total. The van der Waals surface area contributed by atoms with Crippen molar-refractivity contribution in [3.8, 4) is 0 Å². The Morgan fingerprint density at radius 2 is 2.15 bits per heavy atom. The van der Waals surface area contributed by atoms with Gasteiger partial charge in [0.2, 0.25) is 11.9 Å². The van der Waals surface area contributed by atoms with Crippen LogP contribution in [0.1, 0.15) is 0 Å². The number of amides is 1. The van der Waals surface area contributed by atoms with E-state index >= 15 is 0 Å². The lowest BCUT2D eigenvalue weighted by molar-refractivity contribution is -0.116. The van der Waals surface area contributed by atoms with Gasteiger partial charge in [-0.1, -0.05) is 12.1 Å². The number of aromatic nitrogens is 4. The predicted octanol–water partition coefficient (Wildman–Crippen LogP) is 0.758. The second-order valence-electron chi connectivity index (χ2n) is 4.18. The molecule has 7 nitrogen and oxygen atoms in total. The minimum Gasteiger partial charge on any atom is -0.324 e. The summed E-state index contributed by atoms with van der Waals surface area (Å²) in [6.45, 7) is -0.107. The summed E-state index contributed by atoms with van der Waals surface area (Å²) in [5, 5.41) is 2.61. The van der Waals surface area contributed by atoms with E-state index < -0.39 is 5.69 Å². The molecule has 0 saturated heterocycles. The highest BCUT2D eigenvalue weighted by Gasteiger charge is 2.08. The van der Waals surface area contributed by atoms with Crippen LogP contribution in [0.2, 0.25) is 0 Å². The Hall–Kier alpha value is -2.96. The van der Waals surface area contributed by atoms with Crippen molar-refractivity contribution in [1.29, 1.82) is 0 Å². The molecule has 1 aromatic carbocycles. The summed E-state index contributed by atoms with van der Waals surface area (Å²) in [5.74, 6) is 0.00676. The number of para-hydroxylation sites is 2. The molecule has 0 fully saturated rings. The van der Waals surface area contributed by atoms with Crippen LogP contribution in [-0.4, -0.2) is 25.4 Å². The Kier molecular flexibility index (Phi) is 3.00. The zero-order valence-corrected chi connectivity index (χ0v) is 10.4. The molecule has 0 aliphatic rings. The zero-order chi connectivity index (χ0) is 13.9. The summed E-state index contributed by atoms with van der Waals surface area (Å²) >= 11 is 0. The number of carbonyl (C=O) groups excluding carboxylic acids is 1. The van der Waals surface area contributed by atoms with E-state index in [0.717, 1.165) is 11.0 Å². The Morgan fingerprint density at radius 1 is 1.30 bits per heavy atom. The Balaban J connectivity index is 1.76. The van der Waals surface area contributed by atoms with E-state index in [1.165, 1.54) is 17.0 Å². The third-order valence-corrected chi connectivity index (χ3v) is 2.74. The SMILES string of the molecule is O=C(Cn1cccnc1=O)Nc1nc2ccccc2[nH]1. The first-order chi connectivity index (χ1) is 9.72. The van der Waals surface area contributed by atoms with E-state index in [1.54, 1.807) is 6.07 Å². The van der Waals surface area contributed by atoms with Crippen molar-refractivity contribution >= 4 is 22.9 Å². The lowest BCUT2D eigenvalue weighted by Crippen LogP contribution is -2.28. The largest absolute Gasteiger partial charge is 0.347 e. The molecule has 2 heterocycles. The molecular formula is C13H11N5O2. The third-order valence-electron chi connectivity index (χ3n) is 2.74. The van der Waals surface area contributed by atoms with Crippen LogP contribution in [-0.2, 0) is 11.3 Å². The highest BCUT2D eigenvalue weighted by Crippen LogP contribution is 2.12. The second kappa shape index (κ2) is 4.96. The van der Waals surface area contributed by atoms with E-state index in [0.29, 0.717) is 5.95 Å². The molecule has 3 rings (SSSR count). The highest BCUT2D eigenvalue weighted by molar-refractivity contribution is 5.90. The Bertz CT molecular complexity index is 787. The van der Waals surface area contributed by atoms with Gasteiger partial charge in [0.25, 0.3) is 0 Å². The van der Waals surface area contributed by atoms with Crippen molar-refractivity contribution in [1.82, 2.24) is 19.5 Å². The Labute approximate surface area is 113 Å². The van der Waals surface area contributed by atoms with Gasteiger partial charge in [0.15, 0.2) is 0 Å². The number of hydrogen-bond acceptors (Lipinski definition) is 4. The molecule has 20 heavy (non-hydrogen) atoms. The van der Waals surface area contributed by atoms with Gasteiger partial charge in [-0.2, -0.15) is 0 Å². The molecule has 0 saturated carbocycles. The number of nitrogens with one attached hydrogen (secondary N) is 2. The number of H-pyrrole nitrogens is 1. The van der Waals surface area contributed by atoms with Gasteiger partial charge in [0.1, 0.15) is 6.54 Å². The molecule has 1 amide bonds. The van der Waals surface area contributed by atoms with E-state index in [9.17, 15) is 9.59 Å². The monoisotopic (exact) mass is 269 g/mol. The first kappa shape index (κ1) is 12.1. The normalized spacial score (nSPS) is 10.6. The van der Waals surface area contributed by atoms with Gasteiger partial charge >= 0.3 is 5.69 Å². The average Bonchev–Trinajstić information content (AvgIpc) is 2.83. The average molecular weight is 269 g/mol. The number of aromatic amines is 1. The van der Waals surface area contributed by atoms with E-state index in [2.05, 4.69) is 20.3 Å². The van der Waals surface area contributed by atoms with Crippen LogP contribution >= 0.6 is 0 Å². The van der Waals surface area contributed by atoms with Crippen LogP contribution in [0.5, 0.6) is 0 Å². The number of benzene rings is 1. The van der Waals surface area contributed by atoms with Gasteiger partial charge < -0.3 is 4.98 Å². The first-order valence-corrected chi connectivity index (χ1v) is 5.98. The van der Waals surface area contributed by atoms with Crippen molar-refractivity contribution in [3.05, 3.63) is 53.2 Å². The van der Waals surface area contributed by atoms with Gasteiger partial charge in [0.05, 0.1) is 11.0 Å². The molecule has 0 aliphatic carbocycles. The van der Waals surface area contributed by atoms with Crippen LogP contribution in [0.25, 0.3) is 11.0 Å². The lowest BCUT2D eigenvalue weighted by atomic mass is 10.3. The summed E-state index contributed by atoms with van der Waals surface area (Å²) in [6.07, 6.45) is 2.89. The maximum atomic E-state index is 11.9. The van der Waals surface area contributed by atoms with Gasteiger partial charge in [-0.3, -0.25) is 14.7 Å². The van der Waals surface area contributed by atoms with E-state index in [-0.39, 0.29) is 12.5 Å². The van der Waals surface area contributed by atoms with Crippen molar-refractivity contribution in [2.45, 2.75) is 6.54 Å². The van der Waals surface area contributed by atoms with Crippen LogP contribution < -0.4 is 11.0 Å². The fourth-order valence-electron chi connectivity index (χ4n) is 1.85. The summed E-state index contributed by atoms with van der Waals surface area (Å²) in [7, 11) is 0. The number of fused-ring (bicyclic) bond motifs is 1. The van der Waals surface area contributed by atoms with Crippen LogP contribution in [0.15, 0.2) is 47.5 Å². The lowest BCUT2D eigenvalue weighted by Gasteiger charge is -2.03. The molecule has 100 valence electrons. The number of nitrogens with zero attached hydrogens (tertiary/aromatic N) is 3. The topological polar surface area (TPSA) is 92.7 Å². The van der Waals surface area contributed by atoms with E-state index in [1.807, 2.05) is 24.3 Å².